The zero-order valence-electron chi connectivity index (χ0n) is 7.23. The van der Waals surface area contributed by atoms with E-state index in [0.29, 0.717) is 10.2 Å². The minimum atomic E-state index is -3.99. The monoisotopic (exact) mass is 281 g/mol. The summed E-state index contributed by atoms with van der Waals surface area (Å²) in [5, 5.41) is 4.69. The highest BCUT2D eigenvalue weighted by atomic mass is 79.9. The minimum Gasteiger partial charge on any atom is -0.495 e. The Hall–Kier alpha value is -0.790. The van der Waals surface area contributed by atoms with E-state index in [9.17, 15) is 8.42 Å². The molecule has 0 aliphatic carbocycles. The Kier molecular flexibility index (Phi) is 3.35. The van der Waals surface area contributed by atoms with Crippen LogP contribution in [0.5, 0.6) is 11.5 Å². The van der Waals surface area contributed by atoms with Gasteiger partial charge in [-0.2, -0.15) is 13.6 Å². The highest BCUT2D eigenvalue weighted by molar-refractivity contribution is 9.10. The Morgan fingerprint density at radius 2 is 2.07 bits per heavy atom. The summed E-state index contributed by atoms with van der Waals surface area (Å²) < 4.78 is 31.3. The van der Waals surface area contributed by atoms with Crippen molar-refractivity contribution in [1.29, 1.82) is 0 Å². The van der Waals surface area contributed by atoms with Gasteiger partial charge in [-0.25, -0.2) is 0 Å². The molecule has 0 bridgehead atoms. The molecule has 0 fully saturated rings. The number of ether oxygens (including phenoxy) is 1. The van der Waals surface area contributed by atoms with E-state index in [0.717, 1.165) is 0 Å². The first-order valence-electron chi connectivity index (χ1n) is 3.48. The van der Waals surface area contributed by atoms with Gasteiger partial charge in [-0.15, -0.1) is 0 Å². The first-order valence-corrected chi connectivity index (χ1v) is 5.74. The van der Waals surface area contributed by atoms with Crippen molar-refractivity contribution in [2.75, 3.05) is 7.11 Å². The maximum atomic E-state index is 10.6. The van der Waals surface area contributed by atoms with Crippen LogP contribution in [0.3, 0.4) is 0 Å². The van der Waals surface area contributed by atoms with Gasteiger partial charge in [0.05, 0.1) is 11.6 Å². The number of benzene rings is 1. The molecule has 5 nitrogen and oxygen atoms in total. The summed E-state index contributed by atoms with van der Waals surface area (Å²) in [5.41, 5.74) is 0. The lowest BCUT2D eigenvalue weighted by Gasteiger charge is -2.06. The number of rotatable bonds is 3. The molecule has 0 saturated carbocycles. The molecule has 0 atom stereocenters. The van der Waals surface area contributed by atoms with Gasteiger partial charge in [0.1, 0.15) is 11.5 Å². The fraction of sp³-hybridized carbons (Fsp3) is 0.143. The van der Waals surface area contributed by atoms with Crippen molar-refractivity contribution in [3.63, 3.8) is 0 Å². The maximum absolute atomic E-state index is 10.6. The van der Waals surface area contributed by atoms with E-state index in [1.165, 1.54) is 19.2 Å². The molecule has 0 unspecified atom stereocenters. The van der Waals surface area contributed by atoms with Crippen molar-refractivity contribution >= 4 is 26.2 Å². The fourth-order valence-corrected chi connectivity index (χ4v) is 1.61. The molecule has 1 aromatic rings. The largest absolute Gasteiger partial charge is 0.495 e. The van der Waals surface area contributed by atoms with Crippen molar-refractivity contribution in [1.82, 2.24) is 0 Å². The van der Waals surface area contributed by atoms with Gasteiger partial charge < -0.3 is 8.92 Å². The third kappa shape index (κ3) is 3.17. The lowest BCUT2D eigenvalue weighted by atomic mass is 10.3. The SMILES string of the molecule is COc1cc(OS(N)(=O)=O)ccc1Br. The van der Waals surface area contributed by atoms with Gasteiger partial charge in [0.2, 0.25) is 0 Å². The number of halogens is 1. The number of methoxy groups -OCH3 is 1. The van der Waals surface area contributed by atoms with Gasteiger partial charge in [0.15, 0.2) is 0 Å². The highest BCUT2D eigenvalue weighted by Crippen LogP contribution is 2.29. The summed E-state index contributed by atoms with van der Waals surface area (Å²) in [6.45, 7) is 0. The van der Waals surface area contributed by atoms with Crippen molar-refractivity contribution < 1.29 is 17.3 Å². The van der Waals surface area contributed by atoms with Crippen molar-refractivity contribution in [3.05, 3.63) is 22.7 Å². The van der Waals surface area contributed by atoms with Gasteiger partial charge in [-0.1, -0.05) is 0 Å². The molecular formula is C7H8BrNO4S. The lowest BCUT2D eigenvalue weighted by molar-refractivity contribution is 0.409. The van der Waals surface area contributed by atoms with Crippen LogP contribution in [0, 0.1) is 0 Å². The van der Waals surface area contributed by atoms with Crippen LogP contribution in [-0.4, -0.2) is 15.5 Å². The van der Waals surface area contributed by atoms with Crippen LogP contribution in [0.2, 0.25) is 0 Å². The smallest absolute Gasteiger partial charge is 0.380 e. The third-order valence-electron chi connectivity index (χ3n) is 1.33. The van der Waals surface area contributed by atoms with Crippen molar-refractivity contribution in [2.24, 2.45) is 5.14 Å². The van der Waals surface area contributed by atoms with Crippen LogP contribution in [-0.2, 0) is 10.3 Å². The normalized spacial score (nSPS) is 11.1. The first-order chi connectivity index (χ1) is 6.42. The summed E-state index contributed by atoms with van der Waals surface area (Å²) >= 11 is 3.21. The Labute approximate surface area is 90.2 Å². The molecule has 0 aliphatic rings. The molecule has 1 aromatic carbocycles. The van der Waals surface area contributed by atoms with Crippen molar-refractivity contribution in [2.45, 2.75) is 0 Å². The highest BCUT2D eigenvalue weighted by Gasteiger charge is 2.07. The van der Waals surface area contributed by atoms with Crippen LogP contribution in [0.15, 0.2) is 22.7 Å². The second-order valence-corrected chi connectivity index (χ2v) is 4.38. The topological polar surface area (TPSA) is 78.6 Å². The van der Waals surface area contributed by atoms with E-state index in [1.54, 1.807) is 6.07 Å². The third-order valence-corrected chi connectivity index (χ3v) is 2.41. The minimum absolute atomic E-state index is 0.104. The van der Waals surface area contributed by atoms with Crippen LogP contribution in [0.1, 0.15) is 0 Å². The van der Waals surface area contributed by atoms with Gasteiger partial charge in [-0.05, 0) is 28.1 Å². The lowest BCUT2D eigenvalue weighted by Crippen LogP contribution is -2.18. The zero-order valence-corrected chi connectivity index (χ0v) is 9.63. The average molecular weight is 282 g/mol. The Bertz CT molecular complexity index is 431. The summed E-state index contributed by atoms with van der Waals surface area (Å²) in [6, 6.07) is 4.46. The Morgan fingerprint density at radius 1 is 1.43 bits per heavy atom. The second kappa shape index (κ2) is 4.16. The van der Waals surface area contributed by atoms with Gasteiger partial charge >= 0.3 is 10.3 Å². The molecule has 0 heterocycles. The number of nitrogens with two attached hydrogens (primary N) is 1. The Morgan fingerprint density at radius 3 is 2.57 bits per heavy atom. The summed E-state index contributed by atoms with van der Waals surface area (Å²) in [4.78, 5) is 0. The molecular weight excluding hydrogens is 274 g/mol. The molecule has 0 amide bonds. The van der Waals surface area contributed by atoms with Crippen LogP contribution >= 0.6 is 15.9 Å². The average Bonchev–Trinajstić information content (AvgIpc) is 2.06. The first kappa shape index (κ1) is 11.3. The van der Waals surface area contributed by atoms with Gasteiger partial charge in [0, 0.05) is 6.07 Å². The molecule has 0 aromatic heterocycles. The summed E-state index contributed by atoms with van der Waals surface area (Å²) in [7, 11) is -2.53. The van der Waals surface area contributed by atoms with E-state index in [4.69, 9.17) is 9.88 Å². The van der Waals surface area contributed by atoms with E-state index < -0.39 is 10.3 Å². The van der Waals surface area contributed by atoms with Crippen LogP contribution < -0.4 is 14.1 Å². The molecule has 0 spiro atoms. The standard InChI is InChI=1S/C7H8BrNO4S/c1-12-7-4-5(2-3-6(7)8)13-14(9,10)11/h2-4H,1H3,(H2,9,10,11). The predicted molar refractivity (Wildman–Crippen MR) is 54.4 cm³/mol. The quantitative estimate of drug-likeness (QED) is 0.898. The molecule has 1 rings (SSSR count). The number of hydrogen-bond donors (Lipinski definition) is 1. The molecule has 78 valence electrons. The zero-order chi connectivity index (χ0) is 10.8. The molecule has 7 heteroatoms. The van der Waals surface area contributed by atoms with Crippen LogP contribution in [0.4, 0.5) is 0 Å². The Balaban J connectivity index is 3.01. The summed E-state index contributed by atoms with van der Waals surface area (Å²) in [5.74, 6) is 0.568. The van der Waals surface area contributed by atoms with Gasteiger partial charge in [0.25, 0.3) is 0 Å². The molecule has 0 radical (unpaired) electrons. The molecule has 0 saturated heterocycles. The van der Waals surface area contributed by atoms with E-state index in [-0.39, 0.29) is 5.75 Å². The van der Waals surface area contributed by atoms with E-state index in [2.05, 4.69) is 20.1 Å². The second-order valence-electron chi connectivity index (χ2n) is 2.37. The van der Waals surface area contributed by atoms with E-state index in [1.807, 2.05) is 0 Å². The molecule has 2 N–H and O–H groups in total. The summed E-state index contributed by atoms with van der Waals surface area (Å²) in [6.07, 6.45) is 0. The van der Waals surface area contributed by atoms with Crippen LogP contribution in [0.25, 0.3) is 0 Å². The molecule has 14 heavy (non-hydrogen) atoms. The van der Waals surface area contributed by atoms with Crippen molar-refractivity contribution in [3.8, 4) is 11.5 Å². The number of hydrogen-bond acceptors (Lipinski definition) is 4. The maximum Gasteiger partial charge on any atom is 0.380 e. The molecule has 0 aliphatic heterocycles. The predicted octanol–water partition coefficient (Wildman–Crippen LogP) is 1.04. The van der Waals surface area contributed by atoms with Gasteiger partial charge in [-0.3, -0.25) is 0 Å². The fourth-order valence-electron chi connectivity index (χ4n) is 0.826. The van der Waals surface area contributed by atoms with E-state index >= 15 is 0 Å².